The molecule has 38 heavy (non-hydrogen) atoms. The molecule has 194 valence electrons. The third kappa shape index (κ3) is 4.95. The molecule has 4 aromatic rings. The van der Waals surface area contributed by atoms with Crippen molar-refractivity contribution in [2.24, 2.45) is 5.92 Å². The van der Waals surface area contributed by atoms with Crippen molar-refractivity contribution in [2.45, 2.75) is 19.8 Å². The number of anilines is 2. The maximum absolute atomic E-state index is 13.0. The van der Waals surface area contributed by atoms with E-state index >= 15 is 0 Å². The van der Waals surface area contributed by atoms with E-state index in [2.05, 4.69) is 12.2 Å². The molecule has 1 aromatic heterocycles. The van der Waals surface area contributed by atoms with E-state index < -0.39 is 16.5 Å². The number of amides is 1. The summed E-state index contributed by atoms with van der Waals surface area (Å²) >= 11 is 0. The smallest absolute Gasteiger partial charge is 0.344 e. The van der Waals surface area contributed by atoms with E-state index in [1.54, 1.807) is 48.5 Å². The monoisotopic (exact) mass is 513 g/mol. The number of nitro groups is 1. The number of methoxy groups -OCH3 is 1. The van der Waals surface area contributed by atoms with E-state index in [4.69, 9.17) is 9.15 Å². The molecule has 9 heteroatoms. The SMILES string of the molecule is COc1cc(NC(=O)c2ccc(N3CCC(C)CC3)c([N+](=O)[O-])c2)ccc1-c1cc2ccccc2oc1=O. The lowest BCUT2D eigenvalue weighted by atomic mass is 9.98. The Balaban J connectivity index is 1.41. The molecule has 1 saturated heterocycles. The molecule has 3 aromatic carbocycles. The zero-order valence-electron chi connectivity index (χ0n) is 21.1. The highest BCUT2D eigenvalue weighted by molar-refractivity contribution is 6.05. The molecule has 0 spiro atoms. The van der Waals surface area contributed by atoms with Crippen molar-refractivity contribution in [1.82, 2.24) is 0 Å². The highest BCUT2D eigenvalue weighted by Gasteiger charge is 2.25. The summed E-state index contributed by atoms with van der Waals surface area (Å²) in [4.78, 5) is 39.0. The molecule has 0 radical (unpaired) electrons. The fraction of sp³-hybridized carbons (Fsp3) is 0.241. The summed E-state index contributed by atoms with van der Waals surface area (Å²) in [5, 5.41) is 15.4. The minimum absolute atomic E-state index is 0.0943. The molecule has 0 unspecified atom stereocenters. The van der Waals surface area contributed by atoms with Gasteiger partial charge in [0.05, 0.1) is 17.6 Å². The van der Waals surface area contributed by atoms with Crippen molar-refractivity contribution in [3.63, 3.8) is 0 Å². The van der Waals surface area contributed by atoms with Crippen LogP contribution in [0.2, 0.25) is 0 Å². The second-order valence-corrected chi connectivity index (χ2v) is 9.48. The number of nitrogens with one attached hydrogen (secondary N) is 1. The molecule has 9 nitrogen and oxygen atoms in total. The average Bonchev–Trinajstić information content (AvgIpc) is 2.92. The Hall–Kier alpha value is -4.66. The third-order valence-electron chi connectivity index (χ3n) is 6.95. The van der Waals surface area contributed by atoms with Gasteiger partial charge in [0, 0.05) is 47.4 Å². The molecule has 5 rings (SSSR count). The van der Waals surface area contributed by atoms with E-state index in [-0.39, 0.29) is 11.3 Å². The Bertz CT molecular complexity index is 1590. The van der Waals surface area contributed by atoms with Crippen molar-refractivity contribution < 1.29 is 18.9 Å². The predicted octanol–water partition coefficient (Wildman–Crippen LogP) is 5.87. The van der Waals surface area contributed by atoms with Crippen molar-refractivity contribution in [3.8, 4) is 16.9 Å². The maximum atomic E-state index is 13.0. The molecule has 1 N–H and O–H groups in total. The molecule has 0 atom stereocenters. The molecule has 1 aliphatic heterocycles. The fourth-order valence-corrected chi connectivity index (χ4v) is 4.77. The quantitative estimate of drug-likeness (QED) is 0.195. The second-order valence-electron chi connectivity index (χ2n) is 9.48. The maximum Gasteiger partial charge on any atom is 0.344 e. The predicted molar refractivity (Wildman–Crippen MR) is 146 cm³/mol. The molecule has 1 fully saturated rings. The van der Waals surface area contributed by atoms with Crippen LogP contribution in [-0.2, 0) is 0 Å². The van der Waals surface area contributed by atoms with Gasteiger partial charge in [0.15, 0.2) is 0 Å². The van der Waals surface area contributed by atoms with E-state index in [0.29, 0.717) is 39.8 Å². The molecule has 2 heterocycles. The molecule has 0 aliphatic carbocycles. The van der Waals surface area contributed by atoms with Crippen LogP contribution in [0.4, 0.5) is 17.1 Å². The molecule has 1 aliphatic rings. The first-order chi connectivity index (χ1) is 18.3. The van der Waals surface area contributed by atoms with Crippen LogP contribution >= 0.6 is 0 Å². The van der Waals surface area contributed by atoms with E-state index in [1.165, 1.54) is 13.2 Å². The second kappa shape index (κ2) is 10.4. The minimum atomic E-state index is -0.505. The van der Waals surface area contributed by atoms with Crippen molar-refractivity contribution >= 4 is 33.9 Å². The Morgan fingerprint density at radius 1 is 1.05 bits per heavy atom. The van der Waals surface area contributed by atoms with Gasteiger partial charge in [-0.25, -0.2) is 4.79 Å². The van der Waals surface area contributed by atoms with Gasteiger partial charge < -0.3 is 19.4 Å². The van der Waals surface area contributed by atoms with Crippen LogP contribution in [-0.4, -0.2) is 31.0 Å². The van der Waals surface area contributed by atoms with Crippen molar-refractivity contribution in [1.29, 1.82) is 0 Å². The molecule has 0 bridgehead atoms. The third-order valence-corrected chi connectivity index (χ3v) is 6.95. The van der Waals surface area contributed by atoms with Crippen LogP contribution in [0.1, 0.15) is 30.1 Å². The number of para-hydroxylation sites is 1. The minimum Gasteiger partial charge on any atom is -0.496 e. The van der Waals surface area contributed by atoms with Crippen LogP contribution in [0, 0.1) is 16.0 Å². The Labute approximate surface area is 218 Å². The van der Waals surface area contributed by atoms with Crippen LogP contribution in [0.5, 0.6) is 5.75 Å². The summed E-state index contributed by atoms with van der Waals surface area (Å²) in [5.74, 6) is 0.465. The first-order valence-electron chi connectivity index (χ1n) is 12.4. The van der Waals surface area contributed by atoms with Crippen LogP contribution in [0.15, 0.2) is 75.9 Å². The van der Waals surface area contributed by atoms with Gasteiger partial charge >= 0.3 is 5.63 Å². The topological polar surface area (TPSA) is 115 Å². The number of fused-ring (bicyclic) bond motifs is 1. The Kier molecular flexibility index (Phi) is 6.83. The first kappa shape index (κ1) is 25.0. The lowest BCUT2D eigenvalue weighted by Crippen LogP contribution is -2.33. The zero-order chi connectivity index (χ0) is 26.8. The van der Waals surface area contributed by atoms with Gasteiger partial charge in [-0.3, -0.25) is 14.9 Å². The van der Waals surface area contributed by atoms with Gasteiger partial charge in [-0.05, 0) is 55.2 Å². The van der Waals surface area contributed by atoms with Gasteiger partial charge in [0.25, 0.3) is 11.6 Å². The van der Waals surface area contributed by atoms with E-state index in [9.17, 15) is 19.7 Å². The number of carbonyl (C=O) groups is 1. The lowest BCUT2D eigenvalue weighted by Gasteiger charge is -2.31. The van der Waals surface area contributed by atoms with Crippen LogP contribution in [0.3, 0.4) is 0 Å². The van der Waals surface area contributed by atoms with Gasteiger partial charge in [-0.1, -0.05) is 25.1 Å². The number of nitrogens with zero attached hydrogens (tertiary/aromatic N) is 2. The highest BCUT2D eigenvalue weighted by Crippen LogP contribution is 2.34. The largest absolute Gasteiger partial charge is 0.496 e. The average molecular weight is 514 g/mol. The summed E-state index contributed by atoms with van der Waals surface area (Å²) in [6.07, 6.45) is 1.94. The number of rotatable bonds is 6. The van der Waals surface area contributed by atoms with E-state index in [0.717, 1.165) is 31.3 Å². The zero-order valence-corrected chi connectivity index (χ0v) is 21.1. The summed E-state index contributed by atoms with van der Waals surface area (Å²) in [6.45, 7) is 3.67. The fourth-order valence-electron chi connectivity index (χ4n) is 4.77. The van der Waals surface area contributed by atoms with Gasteiger partial charge in [-0.2, -0.15) is 0 Å². The van der Waals surface area contributed by atoms with Crippen LogP contribution < -0.4 is 20.6 Å². The number of carbonyl (C=O) groups excluding carboxylic acids is 1. The Morgan fingerprint density at radius 2 is 1.82 bits per heavy atom. The number of piperidine rings is 1. The summed E-state index contributed by atoms with van der Waals surface area (Å²) in [6, 6.07) is 18.4. The first-order valence-corrected chi connectivity index (χ1v) is 12.4. The summed E-state index contributed by atoms with van der Waals surface area (Å²) < 4.78 is 11.0. The van der Waals surface area contributed by atoms with Gasteiger partial charge in [0.1, 0.15) is 17.0 Å². The van der Waals surface area contributed by atoms with E-state index in [1.807, 2.05) is 17.0 Å². The number of hydrogen-bond acceptors (Lipinski definition) is 7. The number of hydrogen-bond donors (Lipinski definition) is 1. The van der Waals surface area contributed by atoms with Crippen molar-refractivity contribution in [2.75, 3.05) is 30.4 Å². The molecule has 0 saturated carbocycles. The molecular weight excluding hydrogens is 486 g/mol. The normalized spacial score (nSPS) is 13.9. The number of nitro benzene ring substituents is 1. The Morgan fingerprint density at radius 3 is 2.55 bits per heavy atom. The summed E-state index contributed by atoms with van der Waals surface area (Å²) in [7, 11) is 1.47. The van der Waals surface area contributed by atoms with Crippen LogP contribution in [0.25, 0.3) is 22.1 Å². The van der Waals surface area contributed by atoms with Gasteiger partial charge in [0.2, 0.25) is 0 Å². The lowest BCUT2D eigenvalue weighted by molar-refractivity contribution is -0.384. The van der Waals surface area contributed by atoms with Gasteiger partial charge in [-0.15, -0.1) is 0 Å². The summed E-state index contributed by atoms with van der Waals surface area (Å²) in [5.41, 5.74) is 1.84. The number of ether oxygens (including phenoxy) is 1. The highest BCUT2D eigenvalue weighted by atomic mass is 16.6. The molecular formula is C29H27N3O6. The van der Waals surface area contributed by atoms with Crippen molar-refractivity contribution in [3.05, 3.63) is 92.8 Å². The standard InChI is InChI=1S/C29H27N3O6/c1-18-11-13-31(14-12-18)24-10-7-20(16-25(24)32(35)36)28(33)30-21-8-9-22(27(17-21)37-2)23-15-19-5-3-4-6-26(19)38-29(23)34/h3-10,15-18H,11-14H2,1-2H3,(H,30,33). The molecule has 1 amide bonds. The number of benzene rings is 3.